The molecule has 128 valence electrons. The minimum atomic E-state index is -0.282. The number of hydrogen-bond acceptors (Lipinski definition) is 3. The number of hydrazine groups is 1. The fourth-order valence-corrected chi connectivity index (χ4v) is 1.83. The topological polar surface area (TPSA) is 80.4 Å². The lowest BCUT2D eigenvalue weighted by Gasteiger charge is -2.25. The normalized spacial score (nSPS) is 20.0. The van der Waals surface area contributed by atoms with Crippen LogP contribution in [0.3, 0.4) is 0 Å². The zero-order valence-electron chi connectivity index (χ0n) is 14.8. The Kier molecular flexibility index (Phi) is 5.48. The fourth-order valence-electron chi connectivity index (χ4n) is 1.83. The SMILES string of the molecule is CN(/[N+](O)=N/O[C@@H]1CCN(C(=O)NC(C)(C)C)C1)C(C)(C)C. The number of hydrogen-bond donors (Lipinski definition) is 2. The summed E-state index contributed by atoms with van der Waals surface area (Å²) in [6, 6.07) is -0.105. The number of nitrogens with one attached hydrogen (secondary N) is 1. The monoisotopic (exact) mass is 316 g/mol. The molecule has 0 spiro atoms. The molecular formula is C14H30N5O3+. The van der Waals surface area contributed by atoms with E-state index in [1.54, 1.807) is 17.0 Å². The van der Waals surface area contributed by atoms with E-state index in [0.717, 1.165) is 0 Å². The lowest BCUT2D eigenvalue weighted by molar-refractivity contribution is -0.946. The van der Waals surface area contributed by atoms with Crippen LogP contribution in [0.15, 0.2) is 5.28 Å². The average Bonchev–Trinajstić information content (AvgIpc) is 2.80. The molecule has 0 aromatic carbocycles. The molecule has 2 amide bonds. The molecule has 0 aromatic rings. The zero-order chi connectivity index (χ0) is 17.1. The predicted octanol–water partition coefficient (Wildman–Crippen LogP) is 2.00. The molecule has 0 aromatic heterocycles. The van der Waals surface area contributed by atoms with E-state index in [9.17, 15) is 10.0 Å². The first-order valence-electron chi connectivity index (χ1n) is 7.57. The van der Waals surface area contributed by atoms with Crippen LogP contribution in [0.5, 0.6) is 0 Å². The van der Waals surface area contributed by atoms with Crippen LogP contribution in [0.1, 0.15) is 48.0 Å². The second-order valence-electron chi connectivity index (χ2n) is 7.69. The maximum atomic E-state index is 12.0. The van der Waals surface area contributed by atoms with E-state index in [1.165, 1.54) is 0 Å². The molecule has 22 heavy (non-hydrogen) atoms. The molecule has 0 radical (unpaired) electrons. The molecule has 1 aliphatic heterocycles. The van der Waals surface area contributed by atoms with Gasteiger partial charge in [0.05, 0.1) is 19.1 Å². The van der Waals surface area contributed by atoms with Gasteiger partial charge in [0, 0.05) is 18.5 Å². The van der Waals surface area contributed by atoms with E-state index in [4.69, 9.17) is 4.84 Å². The number of amides is 2. The van der Waals surface area contributed by atoms with Crippen molar-refractivity contribution >= 4 is 6.03 Å². The molecule has 1 rings (SSSR count). The molecular weight excluding hydrogens is 286 g/mol. The highest BCUT2D eigenvalue weighted by Crippen LogP contribution is 2.15. The highest BCUT2D eigenvalue weighted by molar-refractivity contribution is 5.75. The van der Waals surface area contributed by atoms with Gasteiger partial charge in [0.25, 0.3) is 10.2 Å². The van der Waals surface area contributed by atoms with Crippen LogP contribution in [0.4, 0.5) is 4.79 Å². The zero-order valence-corrected chi connectivity index (χ0v) is 14.8. The van der Waals surface area contributed by atoms with E-state index in [1.807, 2.05) is 41.5 Å². The van der Waals surface area contributed by atoms with Gasteiger partial charge in [-0.25, -0.2) is 10.0 Å². The predicted molar refractivity (Wildman–Crippen MR) is 81.3 cm³/mol. The number of carbonyl (C=O) groups is 1. The minimum Gasteiger partial charge on any atom is -0.337 e. The van der Waals surface area contributed by atoms with Crippen LogP contribution in [0, 0.1) is 0 Å². The van der Waals surface area contributed by atoms with Crippen molar-refractivity contribution in [3.05, 3.63) is 0 Å². The van der Waals surface area contributed by atoms with Gasteiger partial charge in [-0.05, 0) is 41.5 Å². The van der Waals surface area contributed by atoms with Gasteiger partial charge >= 0.3 is 6.03 Å². The molecule has 0 unspecified atom stereocenters. The summed E-state index contributed by atoms with van der Waals surface area (Å²) in [5.41, 5.74) is -0.548. The molecule has 0 saturated carbocycles. The average molecular weight is 316 g/mol. The summed E-state index contributed by atoms with van der Waals surface area (Å²) in [5.74, 6) is 0. The quantitative estimate of drug-likeness (QED) is 0.474. The Bertz CT molecular complexity index is 425. The van der Waals surface area contributed by atoms with Gasteiger partial charge in [-0.2, -0.15) is 0 Å². The summed E-state index contributed by atoms with van der Waals surface area (Å²) in [4.78, 5) is 19.8. The van der Waals surface area contributed by atoms with Gasteiger partial charge in [-0.3, -0.25) is 0 Å². The number of carbonyl (C=O) groups excluding carboxylic acids is 1. The lowest BCUT2D eigenvalue weighted by Crippen LogP contribution is -2.48. The summed E-state index contributed by atoms with van der Waals surface area (Å²) < 4.78 is 0. The maximum Gasteiger partial charge on any atom is 0.317 e. The molecule has 8 heteroatoms. The van der Waals surface area contributed by atoms with Crippen LogP contribution >= 0.6 is 0 Å². The number of nitrogens with zero attached hydrogens (tertiary/aromatic N) is 4. The maximum absolute atomic E-state index is 12.0. The minimum absolute atomic E-state index is 0.105. The molecule has 1 fully saturated rings. The van der Waals surface area contributed by atoms with Crippen LogP contribution in [-0.4, -0.2) is 63.4 Å². The number of rotatable bonds is 3. The van der Waals surface area contributed by atoms with E-state index < -0.39 is 0 Å². The Morgan fingerprint density at radius 2 is 1.95 bits per heavy atom. The van der Waals surface area contributed by atoms with Crippen molar-refractivity contribution in [3.8, 4) is 0 Å². The molecule has 1 aliphatic rings. The highest BCUT2D eigenvalue weighted by atomic mass is 16.7. The molecule has 1 atom stereocenters. The first kappa shape index (κ1) is 18.3. The molecule has 8 nitrogen and oxygen atoms in total. The summed E-state index contributed by atoms with van der Waals surface area (Å²) in [7, 11) is 1.71. The van der Waals surface area contributed by atoms with Gasteiger partial charge in [0.1, 0.15) is 0 Å². The van der Waals surface area contributed by atoms with Gasteiger partial charge < -0.3 is 15.1 Å². The Labute approximate surface area is 132 Å². The third-order valence-corrected chi connectivity index (χ3v) is 3.42. The Morgan fingerprint density at radius 1 is 1.36 bits per heavy atom. The second-order valence-corrected chi connectivity index (χ2v) is 7.69. The van der Waals surface area contributed by atoms with Crippen LogP contribution in [-0.2, 0) is 4.84 Å². The van der Waals surface area contributed by atoms with E-state index in [0.29, 0.717) is 24.5 Å². The Hall–Kier alpha value is -1.73. The fraction of sp³-hybridized carbons (Fsp3) is 0.929. The molecule has 1 saturated heterocycles. The molecule has 2 N–H and O–H groups in total. The van der Waals surface area contributed by atoms with Crippen molar-refractivity contribution in [3.63, 3.8) is 0 Å². The summed E-state index contributed by atoms with van der Waals surface area (Å²) in [6.07, 6.45) is 0.474. The van der Waals surface area contributed by atoms with E-state index in [2.05, 4.69) is 10.6 Å². The second kappa shape index (κ2) is 6.58. The number of likely N-dealkylation sites (tertiary alicyclic amines) is 1. The van der Waals surface area contributed by atoms with Gasteiger partial charge in [-0.15, -0.1) is 5.01 Å². The number of urea groups is 1. The van der Waals surface area contributed by atoms with Crippen molar-refractivity contribution in [2.45, 2.75) is 65.1 Å². The van der Waals surface area contributed by atoms with Crippen molar-refractivity contribution in [2.75, 3.05) is 20.1 Å². The smallest absolute Gasteiger partial charge is 0.317 e. The van der Waals surface area contributed by atoms with Crippen molar-refractivity contribution < 1.29 is 19.8 Å². The van der Waals surface area contributed by atoms with Crippen molar-refractivity contribution in [2.24, 2.45) is 5.28 Å². The van der Waals surface area contributed by atoms with Crippen LogP contribution < -0.4 is 5.32 Å². The third-order valence-electron chi connectivity index (χ3n) is 3.42. The molecule has 0 bridgehead atoms. The Morgan fingerprint density at radius 3 is 2.45 bits per heavy atom. The molecule has 1 heterocycles. The molecule has 0 aliphatic carbocycles. The van der Waals surface area contributed by atoms with Crippen LogP contribution in [0.2, 0.25) is 0 Å². The summed E-state index contributed by atoms with van der Waals surface area (Å²) >= 11 is 0. The van der Waals surface area contributed by atoms with Crippen molar-refractivity contribution in [1.29, 1.82) is 0 Å². The van der Waals surface area contributed by atoms with E-state index >= 15 is 0 Å². The Balaban J connectivity index is 2.49. The first-order valence-corrected chi connectivity index (χ1v) is 7.57. The third kappa shape index (κ3) is 5.57. The largest absolute Gasteiger partial charge is 0.337 e. The van der Waals surface area contributed by atoms with E-state index in [-0.39, 0.29) is 23.2 Å². The lowest BCUT2D eigenvalue weighted by atomic mass is 10.1. The van der Waals surface area contributed by atoms with Crippen molar-refractivity contribution in [1.82, 2.24) is 15.2 Å². The van der Waals surface area contributed by atoms with Gasteiger partial charge in [0.2, 0.25) is 0 Å². The van der Waals surface area contributed by atoms with Gasteiger partial charge in [-0.1, -0.05) is 0 Å². The van der Waals surface area contributed by atoms with Crippen LogP contribution in [0.25, 0.3) is 0 Å². The highest BCUT2D eigenvalue weighted by Gasteiger charge is 2.32. The van der Waals surface area contributed by atoms with Gasteiger partial charge in [0.15, 0.2) is 6.10 Å². The standard InChI is InChI=1S/C14H29N5O3/c1-13(2,3)15-12(20)18-9-8-11(10-18)22-16-19(21)17(7)14(4,5)6/h11H,8-10H2,1-7H3,(H-,15,16,20,21)/p+1/t11-/m1/s1. The first-order chi connectivity index (χ1) is 9.90. The summed E-state index contributed by atoms with van der Waals surface area (Å²) in [6.45, 7) is 12.7. The summed E-state index contributed by atoms with van der Waals surface area (Å²) in [5, 5.41) is 18.0.